The van der Waals surface area contributed by atoms with Gasteiger partial charge in [0, 0.05) is 18.1 Å². The largest absolute Gasteiger partial charge is 0.382 e. The number of hydrogen-bond donors (Lipinski definition) is 3. The van der Waals surface area contributed by atoms with Crippen LogP contribution in [0.15, 0.2) is 0 Å². The molecule has 1 aromatic heterocycles. The number of likely N-dealkylation sites (N-methyl/N-ethyl adjacent to an activating group) is 1. The number of nitrogens with one attached hydrogen (secondary N) is 2. The molecule has 1 saturated carbocycles. The highest BCUT2D eigenvalue weighted by Gasteiger charge is 2.25. The van der Waals surface area contributed by atoms with Gasteiger partial charge in [0.1, 0.15) is 10.7 Å². The quantitative estimate of drug-likeness (QED) is 0.738. The van der Waals surface area contributed by atoms with Crippen molar-refractivity contribution in [2.24, 2.45) is 0 Å². The molecule has 6 nitrogen and oxygen atoms in total. The lowest BCUT2D eigenvalue weighted by Gasteiger charge is -2.32. The summed E-state index contributed by atoms with van der Waals surface area (Å²) in [6, 6.07) is 0.504. The van der Waals surface area contributed by atoms with E-state index in [1.165, 1.54) is 11.3 Å². The monoisotopic (exact) mass is 297 g/mol. The summed E-state index contributed by atoms with van der Waals surface area (Å²) < 4.78 is 0. The predicted molar refractivity (Wildman–Crippen MR) is 83.3 cm³/mol. The zero-order chi connectivity index (χ0) is 14.9. The summed E-state index contributed by atoms with van der Waals surface area (Å²) in [6.07, 6.45) is 2.33. The van der Waals surface area contributed by atoms with Gasteiger partial charge in [-0.3, -0.25) is 4.79 Å². The molecule has 4 N–H and O–H groups in total. The third kappa shape index (κ3) is 3.61. The van der Waals surface area contributed by atoms with E-state index in [9.17, 15) is 4.79 Å². The fourth-order valence-electron chi connectivity index (χ4n) is 1.49. The van der Waals surface area contributed by atoms with E-state index in [1.54, 1.807) is 0 Å². The smallest absolute Gasteiger partial charge is 0.265 e. The van der Waals surface area contributed by atoms with Crippen LogP contribution in [0.1, 0.15) is 36.4 Å². The molecule has 20 heavy (non-hydrogen) atoms. The first-order valence-electron chi connectivity index (χ1n) is 6.78. The molecule has 0 aliphatic heterocycles. The van der Waals surface area contributed by atoms with E-state index in [-0.39, 0.29) is 11.4 Å². The fourth-order valence-corrected chi connectivity index (χ4v) is 2.37. The molecule has 2 rings (SSSR count). The van der Waals surface area contributed by atoms with Crippen LogP contribution in [0.4, 0.5) is 10.9 Å². The van der Waals surface area contributed by atoms with Crippen LogP contribution in [-0.2, 0) is 0 Å². The van der Waals surface area contributed by atoms with Crippen molar-refractivity contribution >= 4 is 28.2 Å². The Morgan fingerprint density at radius 3 is 2.70 bits per heavy atom. The topological polar surface area (TPSA) is 83.3 Å². The van der Waals surface area contributed by atoms with E-state index in [0.29, 0.717) is 23.3 Å². The van der Waals surface area contributed by atoms with Crippen LogP contribution >= 0.6 is 11.3 Å². The number of thiazole rings is 1. The maximum atomic E-state index is 12.2. The zero-order valence-corrected chi connectivity index (χ0v) is 13.3. The number of nitrogens with zero attached hydrogens (tertiary/aromatic N) is 2. The Labute approximate surface area is 123 Å². The molecule has 1 aromatic rings. The third-order valence-electron chi connectivity index (χ3n) is 3.66. The van der Waals surface area contributed by atoms with Crippen molar-refractivity contribution < 1.29 is 4.79 Å². The molecule has 1 aliphatic carbocycles. The van der Waals surface area contributed by atoms with E-state index in [1.807, 2.05) is 14.1 Å². The number of rotatable bonds is 6. The summed E-state index contributed by atoms with van der Waals surface area (Å²) in [6.45, 7) is 4.70. The van der Waals surface area contributed by atoms with Gasteiger partial charge in [0.2, 0.25) is 0 Å². The Balaban J connectivity index is 1.96. The minimum absolute atomic E-state index is 0.107. The maximum Gasteiger partial charge on any atom is 0.265 e. The molecule has 1 fully saturated rings. The summed E-state index contributed by atoms with van der Waals surface area (Å²) in [5.74, 6) is 0.150. The van der Waals surface area contributed by atoms with Gasteiger partial charge in [0.25, 0.3) is 5.91 Å². The molecule has 1 aliphatic rings. The van der Waals surface area contributed by atoms with Gasteiger partial charge in [-0.1, -0.05) is 11.3 Å². The van der Waals surface area contributed by atoms with Crippen molar-refractivity contribution in [2.45, 2.75) is 38.3 Å². The first-order chi connectivity index (χ1) is 9.29. The van der Waals surface area contributed by atoms with Gasteiger partial charge in [-0.2, -0.15) is 0 Å². The molecule has 0 aromatic carbocycles. The van der Waals surface area contributed by atoms with E-state index in [0.717, 1.165) is 18.0 Å². The fraction of sp³-hybridized carbons (Fsp3) is 0.692. The molecule has 0 atom stereocenters. The van der Waals surface area contributed by atoms with E-state index in [4.69, 9.17) is 5.73 Å². The van der Waals surface area contributed by atoms with E-state index < -0.39 is 0 Å². The standard InChI is InChI=1S/C13H23N5OS/c1-13(2,18(3)4)7-15-11(19)9-10(14)17-12(20-9)16-8-5-6-8/h8H,5-7,14H2,1-4H3,(H,15,19)(H,16,17). The second-order valence-corrected chi connectivity index (χ2v) is 7.04. The molecular weight excluding hydrogens is 274 g/mol. The van der Waals surface area contributed by atoms with Crippen LogP contribution in [0, 0.1) is 0 Å². The highest BCUT2D eigenvalue weighted by Crippen LogP contribution is 2.30. The Morgan fingerprint density at radius 1 is 1.50 bits per heavy atom. The number of carbonyl (C=O) groups is 1. The van der Waals surface area contributed by atoms with Crippen molar-refractivity contribution in [3.8, 4) is 0 Å². The lowest BCUT2D eigenvalue weighted by Crippen LogP contribution is -2.48. The number of nitrogen functional groups attached to an aromatic ring is 1. The number of aromatic nitrogens is 1. The van der Waals surface area contributed by atoms with Gasteiger partial charge in [0.05, 0.1) is 0 Å². The Bertz CT molecular complexity index is 493. The van der Waals surface area contributed by atoms with E-state index in [2.05, 4.69) is 34.4 Å². The number of amides is 1. The zero-order valence-electron chi connectivity index (χ0n) is 12.5. The summed E-state index contributed by atoms with van der Waals surface area (Å²) in [4.78, 5) is 18.9. The summed E-state index contributed by atoms with van der Waals surface area (Å²) >= 11 is 1.32. The molecule has 0 unspecified atom stereocenters. The molecular formula is C13H23N5OS. The average Bonchev–Trinajstić information content (AvgIpc) is 3.09. The molecule has 1 heterocycles. The number of carbonyl (C=O) groups excluding carboxylic acids is 1. The van der Waals surface area contributed by atoms with Crippen LogP contribution in [0.5, 0.6) is 0 Å². The second kappa shape index (κ2) is 5.57. The molecule has 0 saturated heterocycles. The van der Waals surface area contributed by atoms with Crippen LogP contribution in [0.2, 0.25) is 0 Å². The second-order valence-electron chi connectivity index (χ2n) is 6.04. The van der Waals surface area contributed by atoms with Gasteiger partial charge in [0.15, 0.2) is 5.13 Å². The van der Waals surface area contributed by atoms with Crippen molar-refractivity contribution in [3.63, 3.8) is 0 Å². The minimum Gasteiger partial charge on any atom is -0.382 e. The van der Waals surface area contributed by atoms with Gasteiger partial charge < -0.3 is 21.3 Å². The van der Waals surface area contributed by atoms with Gasteiger partial charge >= 0.3 is 0 Å². The summed E-state index contributed by atoms with van der Waals surface area (Å²) in [7, 11) is 3.98. The summed E-state index contributed by atoms with van der Waals surface area (Å²) in [5, 5.41) is 6.93. The first kappa shape index (κ1) is 15.1. The highest BCUT2D eigenvalue weighted by molar-refractivity contribution is 7.18. The predicted octanol–water partition coefficient (Wildman–Crippen LogP) is 1.37. The lowest BCUT2D eigenvalue weighted by molar-refractivity contribution is 0.0924. The minimum atomic E-state index is -0.154. The van der Waals surface area contributed by atoms with Crippen molar-refractivity contribution in [1.29, 1.82) is 0 Å². The van der Waals surface area contributed by atoms with Gasteiger partial charge in [-0.25, -0.2) is 4.98 Å². The Morgan fingerprint density at radius 2 is 2.15 bits per heavy atom. The SMILES string of the molecule is CN(C)C(C)(C)CNC(=O)c1sc(NC2CC2)nc1N. The number of hydrogen-bond acceptors (Lipinski definition) is 6. The molecule has 7 heteroatoms. The van der Waals surface area contributed by atoms with Crippen LogP contribution in [0.25, 0.3) is 0 Å². The van der Waals surface area contributed by atoms with Crippen LogP contribution in [0.3, 0.4) is 0 Å². The van der Waals surface area contributed by atoms with Crippen molar-refractivity contribution in [2.75, 3.05) is 31.7 Å². The number of nitrogens with two attached hydrogens (primary N) is 1. The summed E-state index contributed by atoms with van der Waals surface area (Å²) in [5.41, 5.74) is 5.72. The maximum absolute atomic E-state index is 12.2. The number of anilines is 2. The first-order valence-corrected chi connectivity index (χ1v) is 7.60. The Hall–Kier alpha value is -1.34. The highest BCUT2D eigenvalue weighted by atomic mass is 32.1. The molecule has 112 valence electrons. The van der Waals surface area contributed by atoms with Gasteiger partial charge in [-0.15, -0.1) is 0 Å². The van der Waals surface area contributed by atoms with Gasteiger partial charge in [-0.05, 0) is 40.8 Å². The lowest BCUT2D eigenvalue weighted by atomic mass is 10.0. The van der Waals surface area contributed by atoms with Crippen LogP contribution < -0.4 is 16.4 Å². The van der Waals surface area contributed by atoms with Crippen molar-refractivity contribution in [3.05, 3.63) is 4.88 Å². The van der Waals surface area contributed by atoms with Crippen LogP contribution in [-0.4, -0.2) is 48.0 Å². The Kier molecular flexibility index (Phi) is 4.19. The third-order valence-corrected chi connectivity index (χ3v) is 4.66. The van der Waals surface area contributed by atoms with Crippen molar-refractivity contribution in [1.82, 2.24) is 15.2 Å². The molecule has 1 amide bonds. The van der Waals surface area contributed by atoms with E-state index >= 15 is 0 Å². The molecule has 0 radical (unpaired) electrons. The average molecular weight is 297 g/mol. The normalized spacial score (nSPS) is 15.4. The molecule has 0 bridgehead atoms. The molecule has 0 spiro atoms.